The van der Waals surface area contributed by atoms with Crippen LogP contribution in [0.25, 0.3) is 0 Å². The molecule has 0 aromatic heterocycles. The molecule has 1 aliphatic rings. The fraction of sp³-hybridized carbons (Fsp3) is 0.375. The second kappa shape index (κ2) is 11.2. The van der Waals surface area contributed by atoms with E-state index in [-0.39, 0.29) is 18.4 Å². The summed E-state index contributed by atoms with van der Waals surface area (Å²) in [4.78, 5) is 38.0. The van der Waals surface area contributed by atoms with E-state index < -0.39 is 6.16 Å². The van der Waals surface area contributed by atoms with E-state index in [1.54, 1.807) is 31.2 Å². The van der Waals surface area contributed by atoms with Gasteiger partial charge in [0.2, 0.25) is 5.91 Å². The van der Waals surface area contributed by atoms with Crippen molar-refractivity contribution in [1.29, 1.82) is 0 Å². The van der Waals surface area contributed by atoms with Gasteiger partial charge < -0.3 is 19.7 Å². The van der Waals surface area contributed by atoms with Crippen LogP contribution in [0.4, 0.5) is 4.79 Å². The van der Waals surface area contributed by atoms with Gasteiger partial charge in [-0.3, -0.25) is 9.59 Å². The van der Waals surface area contributed by atoms with E-state index in [1.165, 1.54) is 0 Å². The topological polar surface area (TPSA) is 84.9 Å². The van der Waals surface area contributed by atoms with Crippen LogP contribution in [0, 0.1) is 5.92 Å². The van der Waals surface area contributed by atoms with Crippen LogP contribution in [0.5, 0.6) is 5.75 Å². The smallest absolute Gasteiger partial charge is 0.434 e. The van der Waals surface area contributed by atoms with Gasteiger partial charge >= 0.3 is 6.16 Å². The fourth-order valence-electron chi connectivity index (χ4n) is 3.53. The first-order valence-corrected chi connectivity index (χ1v) is 10.6. The fourth-order valence-corrected chi connectivity index (χ4v) is 3.53. The average Bonchev–Trinajstić information content (AvgIpc) is 2.79. The molecule has 0 aliphatic carbocycles. The zero-order valence-corrected chi connectivity index (χ0v) is 17.7. The molecule has 0 unspecified atom stereocenters. The molecule has 0 atom stereocenters. The molecular weight excluding hydrogens is 396 g/mol. The largest absolute Gasteiger partial charge is 0.513 e. The third-order valence-corrected chi connectivity index (χ3v) is 5.26. The Balaban J connectivity index is 1.41. The van der Waals surface area contributed by atoms with Crippen molar-refractivity contribution < 1.29 is 23.9 Å². The van der Waals surface area contributed by atoms with Crippen LogP contribution >= 0.6 is 0 Å². The lowest BCUT2D eigenvalue weighted by molar-refractivity contribution is -0.120. The molecule has 2 aromatic rings. The molecule has 31 heavy (non-hydrogen) atoms. The minimum Gasteiger partial charge on any atom is -0.434 e. The van der Waals surface area contributed by atoms with Gasteiger partial charge in [-0.2, -0.15) is 0 Å². The number of piperidine rings is 1. The van der Waals surface area contributed by atoms with Crippen molar-refractivity contribution in [2.24, 2.45) is 5.92 Å². The predicted molar refractivity (Wildman–Crippen MR) is 116 cm³/mol. The summed E-state index contributed by atoms with van der Waals surface area (Å²) in [6.07, 6.45) is 1.32. The number of nitrogens with one attached hydrogen (secondary N) is 1. The van der Waals surface area contributed by atoms with Crippen molar-refractivity contribution in [2.45, 2.75) is 26.2 Å². The molecule has 0 spiro atoms. The zero-order chi connectivity index (χ0) is 22.1. The van der Waals surface area contributed by atoms with Gasteiger partial charge in [-0.15, -0.1) is 0 Å². The summed E-state index contributed by atoms with van der Waals surface area (Å²) in [6, 6.07) is 16.1. The molecule has 2 amide bonds. The van der Waals surface area contributed by atoms with Gasteiger partial charge in [-0.05, 0) is 55.5 Å². The van der Waals surface area contributed by atoms with E-state index in [1.807, 2.05) is 35.2 Å². The van der Waals surface area contributed by atoms with Crippen molar-refractivity contribution in [2.75, 3.05) is 26.2 Å². The standard InChI is InChI=1S/C24H28N2O5/c1-2-30-24(29)31-21-10-8-20(9-11-21)23(28)26-14-12-19(13-15-26)17-25-22(27)16-18-6-4-3-5-7-18/h3-11,19H,2,12-17H2,1H3,(H,25,27). The zero-order valence-electron chi connectivity index (χ0n) is 17.7. The Labute approximate surface area is 182 Å². The Hall–Kier alpha value is -3.35. The normalized spacial score (nSPS) is 14.0. The van der Waals surface area contributed by atoms with Crippen LogP contribution in [-0.2, 0) is 16.0 Å². The molecule has 0 radical (unpaired) electrons. The van der Waals surface area contributed by atoms with E-state index in [9.17, 15) is 14.4 Å². The Morgan fingerprint density at radius 1 is 1.00 bits per heavy atom. The second-order valence-corrected chi connectivity index (χ2v) is 7.51. The highest BCUT2D eigenvalue weighted by atomic mass is 16.7. The van der Waals surface area contributed by atoms with E-state index >= 15 is 0 Å². The molecule has 7 nitrogen and oxygen atoms in total. The lowest BCUT2D eigenvalue weighted by Crippen LogP contribution is -2.41. The number of benzene rings is 2. The summed E-state index contributed by atoms with van der Waals surface area (Å²) in [5.41, 5.74) is 1.55. The maximum atomic E-state index is 12.7. The lowest BCUT2D eigenvalue weighted by atomic mass is 9.96. The van der Waals surface area contributed by atoms with Crippen molar-refractivity contribution in [1.82, 2.24) is 10.2 Å². The summed E-state index contributed by atoms with van der Waals surface area (Å²) < 4.78 is 9.74. The molecule has 0 bridgehead atoms. The van der Waals surface area contributed by atoms with Gasteiger partial charge in [-0.1, -0.05) is 30.3 Å². The first kappa shape index (κ1) is 22.3. The summed E-state index contributed by atoms with van der Waals surface area (Å²) >= 11 is 0. The van der Waals surface area contributed by atoms with Gasteiger partial charge in [0.1, 0.15) is 5.75 Å². The van der Waals surface area contributed by atoms with E-state index in [0.29, 0.717) is 43.3 Å². The number of ether oxygens (including phenoxy) is 2. The summed E-state index contributed by atoms with van der Waals surface area (Å²) in [5.74, 6) is 0.674. The van der Waals surface area contributed by atoms with E-state index in [0.717, 1.165) is 18.4 Å². The molecule has 2 aromatic carbocycles. The van der Waals surface area contributed by atoms with Crippen molar-refractivity contribution in [3.05, 3.63) is 65.7 Å². The third kappa shape index (κ3) is 6.84. The molecule has 7 heteroatoms. The van der Waals surface area contributed by atoms with Crippen LogP contribution < -0.4 is 10.1 Å². The van der Waals surface area contributed by atoms with Crippen LogP contribution in [0.1, 0.15) is 35.7 Å². The Morgan fingerprint density at radius 3 is 2.32 bits per heavy atom. The maximum Gasteiger partial charge on any atom is 0.513 e. The number of hydrogen-bond donors (Lipinski definition) is 1. The quantitative estimate of drug-likeness (QED) is 0.544. The number of carbonyl (C=O) groups is 3. The predicted octanol–water partition coefficient (Wildman–Crippen LogP) is 3.43. The molecule has 1 aliphatic heterocycles. The molecule has 1 fully saturated rings. The van der Waals surface area contributed by atoms with E-state index in [4.69, 9.17) is 9.47 Å². The maximum absolute atomic E-state index is 12.7. The van der Waals surface area contributed by atoms with Crippen molar-refractivity contribution in [3.8, 4) is 5.75 Å². The number of amides is 2. The van der Waals surface area contributed by atoms with Gasteiger partial charge in [0.15, 0.2) is 0 Å². The van der Waals surface area contributed by atoms with Crippen LogP contribution in [0.3, 0.4) is 0 Å². The van der Waals surface area contributed by atoms with Crippen molar-refractivity contribution in [3.63, 3.8) is 0 Å². The summed E-state index contributed by atoms with van der Waals surface area (Å²) in [5, 5.41) is 3.01. The SMILES string of the molecule is CCOC(=O)Oc1ccc(C(=O)N2CCC(CNC(=O)Cc3ccccc3)CC2)cc1. The van der Waals surface area contributed by atoms with E-state index in [2.05, 4.69) is 5.32 Å². The van der Waals surface area contributed by atoms with Crippen molar-refractivity contribution >= 4 is 18.0 Å². The average molecular weight is 424 g/mol. The van der Waals surface area contributed by atoms with Gasteiger partial charge in [-0.25, -0.2) is 4.79 Å². The molecule has 1 N–H and O–H groups in total. The highest BCUT2D eigenvalue weighted by Gasteiger charge is 2.24. The molecule has 164 valence electrons. The Morgan fingerprint density at radius 2 is 1.68 bits per heavy atom. The van der Waals surface area contributed by atoms with Crippen LogP contribution in [-0.4, -0.2) is 49.1 Å². The first-order chi connectivity index (χ1) is 15.0. The van der Waals surface area contributed by atoms with Gasteiger partial charge in [0, 0.05) is 25.2 Å². The number of nitrogens with zero attached hydrogens (tertiary/aromatic N) is 1. The van der Waals surface area contributed by atoms with Crippen LogP contribution in [0.15, 0.2) is 54.6 Å². The third-order valence-electron chi connectivity index (χ3n) is 5.26. The number of carbonyl (C=O) groups excluding carboxylic acids is 3. The number of rotatable bonds is 7. The number of likely N-dealkylation sites (tertiary alicyclic amines) is 1. The van der Waals surface area contributed by atoms with Gasteiger partial charge in [0.05, 0.1) is 13.0 Å². The second-order valence-electron chi connectivity index (χ2n) is 7.51. The Bertz CT molecular complexity index is 875. The first-order valence-electron chi connectivity index (χ1n) is 10.6. The molecule has 1 heterocycles. The highest BCUT2D eigenvalue weighted by molar-refractivity contribution is 5.94. The monoisotopic (exact) mass is 424 g/mol. The van der Waals surface area contributed by atoms with Gasteiger partial charge in [0.25, 0.3) is 5.91 Å². The lowest BCUT2D eigenvalue weighted by Gasteiger charge is -2.32. The molecule has 0 saturated carbocycles. The minimum absolute atomic E-state index is 0.0230. The summed E-state index contributed by atoms with van der Waals surface area (Å²) in [7, 11) is 0. The highest BCUT2D eigenvalue weighted by Crippen LogP contribution is 2.20. The molecule has 1 saturated heterocycles. The minimum atomic E-state index is -0.764. The number of hydrogen-bond acceptors (Lipinski definition) is 5. The van der Waals surface area contributed by atoms with Crippen LogP contribution in [0.2, 0.25) is 0 Å². The molecule has 3 rings (SSSR count). The molecular formula is C24H28N2O5. The summed E-state index contributed by atoms with van der Waals surface area (Å²) in [6.45, 7) is 3.87. The Kier molecular flexibility index (Phi) is 8.04.